The number of nitrogens with two attached hydrogens (primary N) is 1. The molecule has 2 heteroatoms. The van der Waals surface area contributed by atoms with Gasteiger partial charge in [-0.25, -0.2) is 0 Å². The maximum absolute atomic E-state index is 5.77. The van der Waals surface area contributed by atoms with Crippen LogP contribution >= 0.6 is 0 Å². The maximum atomic E-state index is 5.77. The summed E-state index contributed by atoms with van der Waals surface area (Å²) in [5.74, 6) is 0.725. The Morgan fingerprint density at radius 2 is 2.08 bits per heavy atom. The smallest absolute Gasteiger partial charge is 0.0110 e. The van der Waals surface area contributed by atoms with Crippen molar-refractivity contribution < 1.29 is 0 Å². The monoisotopic (exact) mass is 184 g/mol. The number of nitrogens with one attached hydrogen (secondary N) is 1. The first-order valence-electron chi connectivity index (χ1n) is 5.74. The second kappa shape index (κ2) is 5.61. The molecule has 0 aromatic rings. The van der Waals surface area contributed by atoms with Gasteiger partial charge in [0, 0.05) is 12.1 Å². The molecule has 0 bridgehead atoms. The lowest BCUT2D eigenvalue weighted by molar-refractivity contribution is 0.249. The summed E-state index contributed by atoms with van der Waals surface area (Å²) in [5, 5.41) is 3.69. The molecule has 0 saturated heterocycles. The van der Waals surface area contributed by atoms with E-state index in [1.54, 1.807) is 0 Å². The second-order valence-electron chi connectivity index (χ2n) is 4.36. The van der Waals surface area contributed by atoms with E-state index in [9.17, 15) is 0 Å². The van der Waals surface area contributed by atoms with Crippen LogP contribution in [0.15, 0.2) is 0 Å². The van der Waals surface area contributed by atoms with Crippen LogP contribution in [-0.2, 0) is 0 Å². The molecule has 1 fully saturated rings. The summed E-state index contributed by atoms with van der Waals surface area (Å²) in [6.45, 7) is 5.36. The van der Waals surface area contributed by atoms with Crippen LogP contribution in [0.1, 0.15) is 46.0 Å². The summed E-state index contributed by atoms with van der Waals surface area (Å²) in [6.07, 6.45) is 6.62. The van der Waals surface area contributed by atoms with E-state index in [-0.39, 0.29) is 0 Å². The zero-order chi connectivity index (χ0) is 9.68. The van der Waals surface area contributed by atoms with Crippen LogP contribution in [0.25, 0.3) is 0 Å². The molecule has 0 aromatic heterocycles. The third kappa shape index (κ3) is 3.28. The minimum Gasteiger partial charge on any atom is -0.330 e. The first-order chi connectivity index (χ1) is 6.27. The summed E-state index contributed by atoms with van der Waals surface area (Å²) in [4.78, 5) is 0. The maximum Gasteiger partial charge on any atom is 0.0110 e. The SMILES string of the molecule is CCC(C)NC1CCCCC1CN. The molecule has 1 rings (SSSR count). The summed E-state index contributed by atoms with van der Waals surface area (Å²) in [7, 11) is 0. The molecule has 0 spiro atoms. The molecule has 3 N–H and O–H groups in total. The summed E-state index contributed by atoms with van der Waals surface area (Å²) in [6, 6.07) is 1.34. The fourth-order valence-electron chi connectivity index (χ4n) is 2.19. The molecule has 3 atom stereocenters. The van der Waals surface area contributed by atoms with Gasteiger partial charge in [0.25, 0.3) is 0 Å². The molecule has 78 valence electrons. The molecule has 0 aliphatic heterocycles. The Balaban J connectivity index is 2.35. The van der Waals surface area contributed by atoms with Crippen molar-refractivity contribution in [3.05, 3.63) is 0 Å². The van der Waals surface area contributed by atoms with Crippen LogP contribution in [0, 0.1) is 5.92 Å². The van der Waals surface area contributed by atoms with Crippen molar-refractivity contribution in [2.24, 2.45) is 11.7 Å². The van der Waals surface area contributed by atoms with Crippen molar-refractivity contribution in [3.8, 4) is 0 Å². The first kappa shape index (κ1) is 11.0. The molecule has 0 heterocycles. The van der Waals surface area contributed by atoms with E-state index in [2.05, 4.69) is 19.2 Å². The van der Waals surface area contributed by atoms with Gasteiger partial charge in [-0.15, -0.1) is 0 Å². The third-order valence-electron chi connectivity index (χ3n) is 3.32. The van der Waals surface area contributed by atoms with Gasteiger partial charge in [0.1, 0.15) is 0 Å². The highest BCUT2D eigenvalue weighted by Gasteiger charge is 2.24. The van der Waals surface area contributed by atoms with Crippen LogP contribution in [0.5, 0.6) is 0 Å². The van der Waals surface area contributed by atoms with Crippen LogP contribution in [-0.4, -0.2) is 18.6 Å². The lowest BCUT2D eigenvalue weighted by atomic mass is 9.84. The number of hydrogen-bond acceptors (Lipinski definition) is 2. The van der Waals surface area contributed by atoms with Gasteiger partial charge in [-0.05, 0) is 38.6 Å². The van der Waals surface area contributed by atoms with E-state index in [0.717, 1.165) is 12.5 Å². The molecular weight excluding hydrogens is 160 g/mol. The van der Waals surface area contributed by atoms with Crippen molar-refractivity contribution in [2.75, 3.05) is 6.54 Å². The van der Waals surface area contributed by atoms with Crippen LogP contribution in [0.3, 0.4) is 0 Å². The average Bonchev–Trinajstić information content (AvgIpc) is 2.18. The average molecular weight is 184 g/mol. The van der Waals surface area contributed by atoms with Crippen LogP contribution in [0.4, 0.5) is 0 Å². The standard InChI is InChI=1S/C11H24N2/c1-3-9(2)13-11-7-5-4-6-10(11)8-12/h9-11,13H,3-8,12H2,1-2H3. The van der Waals surface area contributed by atoms with Gasteiger partial charge >= 0.3 is 0 Å². The molecule has 1 aliphatic rings. The molecular formula is C11H24N2. The first-order valence-corrected chi connectivity index (χ1v) is 5.74. The summed E-state index contributed by atoms with van der Waals surface area (Å²) >= 11 is 0. The van der Waals surface area contributed by atoms with Gasteiger partial charge < -0.3 is 11.1 Å². The highest BCUT2D eigenvalue weighted by atomic mass is 15.0. The zero-order valence-corrected chi connectivity index (χ0v) is 9.05. The van der Waals surface area contributed by atoms with Gasteiger partial charge in [0.2, 0.25) is 0 Å². The number of hydrogen-bond donors (Lipinski definition) is 2. The van der Waals surface area contributed by atoms with Gasteiger partial charge in [0.05, 0.1) is 0 Å². The largest absolute Gasteiger partial charge is 0.330 e. The van der Waals surface area contributed by atoms with E-state index in [1.807, 2.05) is 0 Å². The van der Waals surface area contributed by atoms with Crippen LogP contribution in [0.2, 0.25) is 0 Å². The molecule has 0 aromatic carbocycles. The molecule has 2 nitrogen and oxygen atoms in total. The Kier molecular flexibility index (Phi) is 4.74. The Morgan fingerprint density at radius 3 is 2.69 bits per heavy atom. The molecule has 0 radical (unpaired) electrons. The van der Waals surface area contributed by atoms with Crippen molar-refractivity contribution in [2.45, 2.75) is 58.0 Å². The highest BCUT2D eigenvalue weighted by Crippen LogP contribution is 2.23. The second-order valence-corrected chi connectivity index (χ2v) is 4.36. The van der Waals surface area contributed by atoms with E-state index < -0.39 is 0 Å². The Labute approximate surface area is 82.3 Å². The summed E-state index contributed by atoms with van der Waals surface area (Å²) in [5.41, 5.74) is 5.77. The van der Waals surface area contributed by atoms with Gasteiger partial charge in [0.15, 0.2) is 0 Å². The lowest BCUT2D eigenvalue weighted by Crippen LogP contribution is -2.45. The molecule has 3 unspecified atom stereocenters. The fraction of sp³-hybridized carbons (Fsp3) is 1.00. The zero-order valence-electron chi connectivity index (χ0n) is 9.05. The molecule has 13 heavy (non-hydrogen) atoms. The normalized spacial score (nSPS) is 31.6. The predicted molar refractivity (Wildman–Crippen MR) is 57.7 cm³/mol. The van der Waals surface area contributed by atoms with E-state index in [0.29, 0.717) is 12.1 Å². The Bertz CT molecular complexity index is 136. The van der Waals surface area contributed by atoms with E-state index >= 15 is 0 Å². The summed E-state index contributed by atoms with van der Waals surface area (Å²) < 4.78 is 0. The minimum atomic E-state index is 0.650. The molecule has 0 amide bonds. The van der Waals surface area contributed by atoms with Gasteiger partial charge in [-0.1, -0.05) is 19.8 Å². The van der Waals surface area contributed by atoms with Gasteiger partial charge in [-0.3, -0.25) is 0 Å². The third-order valence-corrected chi connectivity index (χ3v) is 3.32. The topological polar surface area (TPSA) is 38.0 Å². The highest BCUT2D eigenvalue weighted by molar-refractivity contribution is 4.82. The van der Waals surface area contributed by atoms with Crippen molar-refractivity contribution in [3.63, 3.8) is 0 Å². The van der Waals surface area contributed by atoms with Crippen molar-refractivity contribution in [1.82, 2.24) is 5.32 Å². The van der Waals surface area contributed by atoms with E-state index in [4.69, 9.17) is 5.73 Å². The molecule has 1 aliphatic carbocycles. The lowest BCUT2D eigenvalue weighted by Gasteiger charge is -2.33. The minimum absolute atomic E-state index is 0.650. The fourth-order valence-corrected chi connectivity index (χ4v) is 2.19. The Morgan fingerprint density at radius 1 is 1.38 bits per heavy atom. The van der Waals surface area contributed by atoms with Crippen LogP contribution < -0.4 is 11.1 Å². The van der Waals surface area contributed by atoms with Gasteiger partial charge in [-0.2, -0.15) is 0 Å². The molecule has 1 saturated carbocycles. The van der Waals surface area contributed by atoms with Crippen molar-refractivity contribution >= 4 is 0 Å². The van der Waals surface area contributed by atoms with E-state index in [1.165, 1.54) is 32.1 Å². The number of rotatable bonds is 4. The predicted octanol–water partition coefficient (Wildman–Crippen LogP) is 1.89. The quantitative estimate of drug-likeness (QED) is 0.700. The van der Waals surface area contributed by atoms with Crippen molar-refractivity contribution in [1.29, 1.82) is 0 Å². The Hall–Kier alpha value is -0.0800.